The van der Waals surface area contributed by atoms with Crippen molar-refractivity contribution >= 4 is 17.4 Å². The number of hydrogen-bond donors (Lipinski definition) is 0. The average Bonchev–Trinajstić information content (AvgIpc) is 3.53. The summed E-state index contributed by atoms with van der Waals surface area (Å²) in [5, 5.41) is 0. The van der Waals surface area contributed by atoms with Crippen molar-refractivity contribution < 1.29 is 0 Å². The number of hydrogen-bond acceptors (Lipinski definition) is 1. The van der Waals surface area contributed by atoms with Gasteiger partial charge < -0.3 is 0 Å². The molecular formula is C56H49N. The second-order valence-corrected chi connectivity index (χ2v) is 14.9. The number of nitrogens with zero attached hydrogens (tertiary/aromatic N) is 1. The van der Waals surface area contributed by atoms with E-state index in [1.165, 1.54) is 66.8 Å². The van der Waals surface area contributed by atoms with Crippen molar-refractivity contribution in [2.24, 2.45) is 4.99 Å². The lowest BCUT2D eigenvalue weighted by atomic mass is 9.63. The van der Waals surface area contributed by atoms with Crippen molar-refractivity contribution in [3.05, 3.63) is 263 Å². The van der Waals surface area contributed by atoms with E-state index in [4.69, 9.17) is 4.99 Å². The predicted octanol–water partition coefficient (Wildman–Crippen LogP) is 13.8. The van der Waals surface area contributed by atoms with Gasteiger partial charge in [0.25, 0.3) is 0 Å². The second-order valence-electron chi connectivity index (χ2n) is 14.9. The predicted molar refractivity (Wildman–Crippen MR) is 245 cm³/mol. The number of rotatable bonds is 8. The number of aryl methyl sites for hydroxylation is 1. The summed E-state index contributed by atoms with van der Waals surface area (Å²) < 4.78 is 0. The molecule has 0 radical (unpaired) electrons. The third-order valence-corrected chi connectivity index (χ3v) is 11.4. The lowest BCUT2D eigenvalue weighted by molar-refractivity contribution is 0.528. The van der Waals surface area contributed by atoms with Gasteiger partial charge in [-0.25, -0.2) is 0 Å². The molecule has 0 N–H and O–H groups in total. The normalized spacial score (nSPS) is 21.6. The molecule has 5 aromatic carbocycles. The van der Waals surface area contributed by atoms with Crippen LogP contribution in [-0.2, 0) is 18.3 Å². The average molecular weight is 736 g/mol. The summed E-state index contributed by atoms with van der Waals surface area (Å²) in [6, 6.07) is 46.7. The van der Waals surface area contributed by atoms with Gasteiger partial charge in [-0.2, -0.15) is 0 Å². The second kappa shape index (κ2) is 17.5. The van der Waals surface area contributed by atoms with Crippen LogP contribution in [0.2, 0.25) is 0 Å². The first-order chi connectivity index (χ1) is 28.2. The summed E-state index contributed by atoms with van der Waals surface area (Å²) in [4.78, 5) is 5.48. The Kier molecular flexibility index (Phi) is 11.5. The van der Waals surface area contributed by atoms with Crippen LogP contribution in [0.25, 0.3) is 22.3 Å². The van der Waals surface area contributed by atoms with Crippen molar-refractivity contribution in [1.29, 1.82) is 0 Å². The summed E-state index contributed by atoms with van der Waals surface area (Å²) in [7, 11) is 0. The molecule has 3 aliphatic rings. The molecule has 0 aliphatic heterocycles. The Morgan fingerprint density at radius 2 is 1.47 bits per heavy atom. The molecule has 8 rings (SSSR count). The van der Waals surface area contributed by atoms with E-state index in [1.807, 2.05) is 19.2 Å². The first-order valence-electron chi connectivity index (χ1n) is 20.2. The van der Waals surface area contributed by atoms with E-state index in [-0.39, 0.29) is 6.04 Å². The van der Waals surface area contributed by atoms with Crippen LogP contribution in [0.5, 0.6) is 0 Å². The highest BCUT2D eigenvalue weighted by Gasteiger charge is 2.51. The van der Waals surface area contributed by atoms with Gasteiger partial charge in [0.2, 0.25) is 0 Å². The Bertz CT molecular complexity index is 2510. The van der Waals surface area contributed by atoms with Crippen LogP contribution in [0.3, 0.4) is 0 Å². The van der Waals surface area contributed by atoms with Crippen LogP contribution in [0.15, 0.2) is 229 Å². The molecule has 0 saturated carbocycles. The quantitative estimate of drug-likeness (QED) is 0.0855. The Balaban J connectivity index is 1.38. The Labute approximate surface area is 339 Å². The smallest absolute Gasteiger partial charge is 0.0855 e. The highest BCUT2D eigenvalue weighted by atomic mass is 14.8. The molecule has 0 heterocycles. The maximum Gasteiger partial charge on any atom is 0.0855 e. The van der Waals surface area contributed by atoms with Gasteiger partial charge in [0.1, 0.15) is 0 Å². The lowest BCUT2D eigenvalue weighted by Gasteiger charge is -2.41. The molecule has 5 aromatic rings. The van der Waals surface area contributed by atoms with Crippen LogP contribution >= 0.6 is 0 Å². The van der Waals surface area contributed by atoms with Crippen LogP contribution in [-0.4, -0.2) is 12.3 Å². The highest BCUT2D eigenvalue weighted by Crippen LogP contribution is 2.57. The van der Waals surface area contributed by atoms with Crippen LogP contribution in [0, 0.1) is 0 Å². The zero-order valence-electron chi connectivity index (χ0n) is 32.8. The Morgan fingerprint density at radius 3 is 2.30 bits per heavy atom. The molecule has 0 saturated heterocycles. The summed E-state index contributed by atoms with van der Waals surface area (Å²) in [6.07, 6.45) is 34.1. The van der Waals surface area contributed by atoms with Crippen molar-refractivity contribution in [1.82, 2.24) is 0 Å². The fourth-order valence-corrected chi connectivity index (χ4v) is 8.74. The first kappa shape index (κ1) is 37.4. The van der Waals surface area contributed by atoms with Gasteiger partial charge in [0.05, 0.1) is 11.5 Å². The summed E-state index contributed by atoms with van der Waals surface area (Å²) in [5.41, 5.74) is 15.6. The molecule has 1 heteroatoms. The number of fused-ring (bicyclic) bond motifs is 6. The van der Waals surface area contributed by atoms with E-state index in [2.05, 4.69) is 207 Å². The Hall–Kier alpha value is -6.57. The third-order valence-electron chi connectivity index (χ3n) is 11.4. The van der Waals surface area contributed by atoms with Crippen molar-refractivity contribution in [3.8, 4) is 11.1 Å². The topological polar surface area (TPSA) is 12.4 Å². The van der Waals surface area contributed by atoms with Gasteiger partial charge >= 0.3 is 0 Å². The van der Waals surface area contributed by atoms with E-state index >= 15 is 0 Å². The standard InChI is InChI=1S/C56H49N/c1-3-4-5-19-40-57-55-29-18-16-26-47-25-15-17-27-52(47)56(55)53-28-14-6-9-20-42(2)30-37-50(53)51-39-36-48(41-54(51)56)49(38-31-43-21-10-7-11-22-43)46-34-32-45(33-35-46)44-23-12-8-13-24-44/h3-15,17-25,27,29-30,32-41,55H,2,16,26,28,31H2,1H3/b4-3-,14-6-,19-5-,20-9-,29-18-,37-30-,49-38+,57-40?. The van der Waals surface area contributed by atoms with Gasteiger partial charge in [-0.1, -0.05) is 201 Å². The van der Waals surface area contributed by atoms with Gasteiger partial charge in [0.15, 0.2) is 0 Å². The fourth-order valence-electron chi connectivity index (χ4n) is 8.74. The van der Waals surface area contributed by atoms with E-state index in [0.29, 0.717) is 0 Å². The monoisotopic (exact) mass is 735 g/mol. The Morgan fingerprint density at radius 1 is 0.719 bits per heavy atom. The first-order valence-corrected chi connectivity index (χ1v) is 20.2. The fraction of sp³-hybridized carbons (Fsp3) is 0.125. The van der Waals surface area contributed by atoms with E-state index in [0.717, 1.165) is 31.3 Å². The van der Waals surface area contributed by atoms with Crippen LogP contribution < -0.4 is 0 Å². The van der Waals surface area contributed by atoms with Gasteiger partial charge in [-0.05, 0) is 117 Å². The number of allylic oxidation sites excluding steroid dienone is 14. The third kappa shape index (κ3) is 7.80. The molecule has 278 valence electrons. The molecule has 0 bridgehead atoms. The minimum Gasteiger partial charge on any atom is -0.284 e. The van der Waals surface area contributed by atoms with Crippen molar-refractivity contribution in [2.75, 3.05) is 0 Å². The minimum atomic E-state index is -0.556. The zero-order chi connectivity index (χ0) is 38.9. The molecule has 2 unspecified atom stereocenters. The highest BCUT2D eigenvalue weighted by molar-refractivity contribution is 5.92. The lowest BCUT2D eigenvalue weighted by Crippen LogP contribution is -2.41. The summed E-state index contributed by atoms with van der Waals surface area (Å²) in [6.45, 7) is 6.40. The van der Waals surface area contributed by atoms with Gasteiger partial charge in [-0.15, -0.1) is 0 Å². The molecule has 0 amide bonds. The number of benzene rings is 5. The molecule has 3 aliphatic carbocycles. The maximum atomic E-state index is 5.48. The molecule has 0 aromatic heterocycles. The van der Waals surface area contributed by atoms with Crippen LogP contribution in [0.4, 0.5) is 0 Å². The molecule has 0 fully saturated rings. The van der Waals surface area contributed by atoms with E-state index < -0.39 is 5.41 Å². The molecule has 1 spiro atoms. The minimum absolute atomic E-state index is 0.180. The largest absolute Gasteiger partial charge is 0.284 e. The van der Waals surface area contributed by atoms with Crippen LogP contribution in [0.1, 0.15) is 58.7 Å². The van der Waals surface area contributed by atoms with E-state index in [1.54, 1.807) is 0 Å². The molecule has 2 atom stereocenters. The van der Waals surface area contributed by atoms with E-state index in [9.17, 15) is 0 Å². The summed E-state index contributed by atoms with van der Waals surface area (Å²) >= 11 is 0. The van der Waals surface area contributed by atoms with Gasteiger partial charge in [-0.3, -0.25) is 4.99 Å². The molecule has 1 nitrogen and oxygen atoms in total. The SMILES string of the molecule is C=C1/C=C\C=C/CC2=C(/C=C\1)c1ccc(/C(=C/Cc3ccccc3)c3ccc(-c4ccccc4)cc3)cc1C21c2ccccc2CC/C=C\C1N=C/C=C\C=C/C. The summed E-state index contributed by atoms with van der Waals surface area (Å²) in [5.74, 6) is 0. The zero-order valence-corrected chi connectivity index (χ0v) is 32.8. The van der Waals surface area contributed by atoms with Gasteiger partial charge in [0, 0.05) is 6.21 Å². The van der Waals surface area contributed by atoms with Crippen molar-refractivity contribution in [2.45, 2.75) is 44.1 Å². The maximum absolute atomic E-state index is 5.48. The van der Waals surface area contributed by atoms with Crippen molar-refractivity contribution in [3.63, 3.8) is 0 Å². The molecule has 57 heavy (non-hydrogen) atoms. The molecular weight excluding hydrogens is 687 g/mol. The number of aliphatic imine (C=N–C) groups is 1.